The number of hydrogen-bond acceptors (Lipinski definition) is 4. The minimum atomic E-state index is 0.638. The van der Waals surface area contributed by atoms with Crippen molar-refractivity contribution in [1.82, 2.24) is 4.98 Å². The van der Waals surface area contributed by atoms with Crippen molar-refractivity contribution in [1.29, 1.82) is 0 Å². The highest BCUT2D eigenvalue weighted by atomic mass is 35.5. The van der Waals surface area contributed by atoms with Crippen LogP contribution in [0.5, 0.6) is 0 Å². The Balaban J connectivity index is 1.74. The molecule has 0 spiro atoms. The third-order valence-electron chi connectivity index (χ3n) is 2.95. The molecule has 0 aliphatic heterocycles. The molecular weight excluding hydrogens is 292 g/mol. The third kappa shape index (κ3) is 2.86. The summed E-state index contributed by atoms with van der Waals surface area (Å²) in [6.07, 6.45) is 1.67. The van der Waals surface area contributed by atoms with E-state index in [1.807, 2.05) is 42.6 Å². The van der Waals surface area contributed by atoms with Gasteiger partial charge in [0.15, 0.2) is 5.13 Å². The third-order valence-corrected chi connectivity index (χ3v) is 4.18. The molecular formula is C15H13ClN2OS. The van der Waals surface area contributed by atoms with Gasteiger partial charge >= 0.3 is 0 Å². The molecule has 0 aliphatic rings. The fourth-order valence-electron chi connectivity index (χ4n) is 1.87. The molecule has 0 saturated carbocycles. The first kappa shape index (κ1) is 13.2. The molecule has 1 N–H and O–H groups in total. The minimum Gasteiger partial charge on any atom is -0.467 e. The lowest BCUT2D eigenvalue weighted by atomic mass is 10.1. The van der Waals surface area contributed by atoms with Crippen LogP contribution in [0.2, 0.25) is 5.02 Å². The van der Waals surface area contributed by atoms with Gasteiger partial charge in [0.2, 0.25) is 0 Å². The lowest BCUT2D eigenvalue weighted by molar-refractivity contribution is 0.518. The van der Waals surface area contributed by atoms with Crippen molar-refractivity contribution in [2.24, 2.45) is 0 Å². The van der Waals surface area contributed by atoms with Gasteiger partial charge in [-0.2, -0.15) is 0 Å². The van der Waals surface area contributed by atoms with Crippen LogP contribution >= 0.6 is 22.9 Å². The molecule has 102 valence electrons. The molecule has 5 heteroatoms. The molecule has 0 fully saturated rings. The highest BCUT2D eigenvalue weighted by Crippen LogP contribution is 2.28. The second-order valence-corrected chi connectivity index (χ2v) is 5.70. The Hall–Kier alpha value is -1.78. The summed E-state index contributed by atoms with van der Waals surface area (Å²) in [6.45, 7) is 2.63. The van der Waals surface area contributed by atoms with Gasteiger partial charge in [-0.25, -0.2) is 4.98 Å². The Kier molecular flexibility index (Phi) is 3.76. The van der Waals surface area contributed by atoms with Gasteiger partial charge in [0.1, 0.15) is 5.76 Å². The number of halogens is 1. The predicted molar refractivity (Wildman–Crippen MR) is 83.3 cm³/mol. The maximum absolute atomic E-state index is 6.04. The zero-order chi connectivity index (χ0) is 13.9. The number of rotatable bonds is 4. The highest BCUT2D eigenvalue weighted by Gasteiger charge is 2.06. The van der Waals surface area contributed by atoms with Crippen molar-refractivity contribution < 1.29 is 4.42 Å². The number of aromatic nitrogens is 1. The fourth-order valence-corrected chi connectivity index (χ4v) is 2.70. The van der Waals surface area contributed by atoms with Crippen LogP contribution in [0, 0.1) is 6.92 Å². The average Bonchev–Trinajstić information content (AvgIpc) is 3.10. The van der Waals surface area contributed by atoms with Crippen LogP contribution in [-0.4, -0.2) is 4.98 Å². The number of anilines is 1. The first-order valence-electron chi connectivity index (χ1n) is 6.21. The Morgan fingerprint density at radius 1 is 1.35 bits per heavy atom. The number of nitrogens with zero attached hydrogens (tertiary/aromatic N) is 1. The lowest BCUT2D eigenvalue weighted by Gasteiger charge is -2.01. The molecule has 0 atom stereocenters. The number of furan rings is 1. The van der Waals surface area contributed by atoms with Crippen LogP contribution in [-0.2, 0) is 6.54 Å². The molecule has 0 amide bonds. The van der Waals surface area contributed by atoms with E-state index >= 15 is 0 Å². The van der Waals surface area contributed by atoms with E-state index in [1.54, 1.807) is 17.6 Å². The van der Waals surface area contributed by atoms with Crippen LogP contribution in [0.1, 0.15) is 11.3 Å². The highest BCUT2D eigenvalue weighted by molar-refractivity contribution is 7.14. The number of hydrogen-bond donors (Lipinski definition) is 1. The number of nitrogens with one attached hydrogen (secondary N) is 1. The summed E-state index contributed by atoms with van der Waals surface area (Å²) in [6, 6.07) is 9.75. The van der Waals surface area contributed by atoms with Crippen LogP contribution < -0.4 is 5.32 Å². The molecule has 0 unspecified atom stereocenters. The van der Waals surface area contributed by atoms with E-state index in [-0.39, 0.29) is 0 Å². The van der Waals surface area contributed by atoms with Gasteiger partial charge in [-0.15, -0.1) is 11.3 Å². The predicted octanol–water partition coefficient (Wildman–Crippen LogP) is 4.98. The SMILES string of the molecule is Cc1cc(-c2csc(NCc3ccco3)n2)ccc1Cl. The van der Waals surface area contributed by atoms with Crippen molar-refractivity contribution in [3.05, 3.63) is 58.3 Å². The van der Waals surface area contributed by atoms with Crippen LogP contribution in [0.3, 0.4) is 0 Å². The normalized spacial score (nSPS) is 10.7. The monoisotopic (exact) mass is 304 g/mol. The molecule has 1 aromatic carbocycles. The van der Waals surface area contributed by atoms with Crippen molar-refractivity contribution in [3.63, 3.8) is 0 Å². The average molecular weight is 305 g/mol. The quantitative estimate of drug-likeness (QED) is 0.739. The molecule has 3 nitrogen and oxygen atoms in total. The smallest absolute Gasteiger partial charge is 0.183 e. The molecule has 3 rings (SSSR count). The van der Waals surface area contributed by atoms with E-state index in [0.717, 1.165) is 32.7 Å². The molecule has 2 heterocycles. The van der Waals surface area contributed by atoms with E-state index < -0.39 is 0 Å². The summed E-state index contributed by atoms with van der Waals surface area (Å²) in [7, 11) is 0. The van der Waals surface area contributed by atoms with Crippen LogP contribution in [0.25, 0.3) is 11.3 Å². The Morgan fingerprint density at radius 2 is 2.25 bits per heavy atom. The van der Waals surface area contributed by atoms with Gasteiger partial charge in [0.05, 0.1) is 18.5 Å². The van der Waals surface area contributed by atoms with Gasteiger partial charge in [-0.3, -0.25) is 0 Å². The van der Waals surface area contributed by atoms with Crippen molar-refractivity contribution >= 4 is 28.1 Å². The Morgan fingerprint density at radius 3 is 3.00 bits per heavy atom. The molecule has 0 aliphatic carbocycles. The maximum Gasteiger partial charge on any atom is 0.183 e. The molecule has 0 bridgehead atoms. The first-order chi connectivity index (χ1) is 9.72. The molecule has 20 heavy (non-hydrogen) atoms. The second-order valence-electron chi connectivity index (χ2n) is 4.43. The van der Waals surface area contributed by atoms with Gasteiger partial charge in [-0.1, -0.05) is 17.7 Å². The minimum absolute atomic E-state index is 0.638. The number of thiazole rings is 1. The molecule has 3 aromatic rings. The summed E-state index contributed by atoms with van der Waals surface area (Å²) in [5, 5.41) is 6.94. The van der Waals surface area contributed by atoms with E-state index in [9.17, 15) is 0 Å². The Labute approximate surface area is 126 Å². The lowest BCUT2D eigenvalue weighted by Crippen LogP contribution is -1.97. The van der Waals surface area contributed by atoms with Gasteiger partial charge in [-0.05, 0) is 36.8 Å². The summed E-state index contributed by atoms with van der Waals surface area (Å²) in [4.78, 5) is 4.57. The first-order valence-corrected chi connectivity index (χ1v) is 7.46. The molecule has 0 radical (unpaired) electrons. The summed E-state index contributed by atoms with van der Waals surface area (Å²) < 4.78 is 5.28. The molecule has 2 aromatic heterocycles. The van der Waals surface area contributed by atoms with Crippen molar-refractivity contribution in [2.45, 2.75) is 13.5 Å². The van der Waals surface area contributed by atoms with E-state index in [0.29, 0.717) is 6.54 Å². The van der Waals surface area contributed by atoms with E-state index in [2.05, 4.69) is 10.3 Å². The summed E-state index contributed by atoms with van der Waals surface area (Å²) in [5.41, 5.74) is 3.09. The zero-order valence-electron chi connectivity index (χ0n) is 10.9. The van der Waals surface area contributed by atoms with E-state index in [1.165, 1.54) is 0 Å². The summed E-state index contributed by atoms with van der Waals surface area (Å²) >= 11 is 7.62. The Bertz CT molecular complexity index is 706. The number of benzene rings is 1. The zero-order valence-corrected chi connectivity index (χ0v) is 12.5. The van der Waals surface area contributed by atoms with Crippen LogP contribution in [0.15, 0.2) is 46.4 Å². The standard InChI is InChI=1S/C15H13ClN2OS/c1-10-7-11(4-5-13(10)16)14-9-20-15(18-14)17-8-12-3-2-6-19-12/h2-7,9H,8H2,1H3,(H,17,18). The fraction of sp³-hybridized carbons (Fsp3) is 0.133. The van der Waals surface area contributed by atoms with Gasteiger partial charge in [0, 0.05) is 16.0 Å². The maximum atomic E-state index is 6.04. The van der Waals surface area contributed by atoms with Crippen LogP contribution in [0.4, 0.5) is 5.13 Å². The second kappa shape index (κ2) is 5.69. The topological polar surface area (TPSA) is 38.1 Å². The summed E-state index contributed by atoms with van der Waals surface area (Å²) in [5.74, 6) is 0.893. The van der Waals surface area contributed by atoms with Crippen molar-refractivity contribution in [3.8, 4) is 11.3 Å². The van der Waals surface area contributed by atoms with E-state index in [4.69, 9.17) is 16.0 Å². The largest absolute Gasteiger partial charge is 0.467 e. The molecule has 0 saturated heterocycles. The van der Waals surface area contributed by atoms with Crippen molar-refractivity contribution in [2.75, 3.05) is 5.32 Å². The number of aryl methyl sites for hydroxylation is 1. The van der Waals surface area contributed by atoms with Gasteiger partial charge < -0.3 is 9.73 Å². The van der Waals surface area contributed by atoms with Gasteiger partial charge in [0.25, 0.3) is 0 Å².